The smallest absolute Gasteiger partial charge is 0.407 e. The molecule has 2 atom stereocenters. The third-order valence-corrected chi connectivity index (χ3v) is 5.18. The number of piperidine rings is 1. The molecule has 146 valence electrons. The summed E-state index contributed by atoms with van der Waals surface area (Å²) in [6.07, 6.45) is 1.65. The molecule has 0 saturated carbocycles. The fourth-order valence-corrected chi connectivity index (χ4v) is 3.83. The van der Waals surface area contributed by atoms with Gasteiger partial charge in [-0.1, -0.05) is 25.9 Å². The number of nitrogens with zero attached hydrogens (tertiary/aromatic N) is 4. The topological polar surface area (TPSA) is 149 Å². The van der Waals surface area contributed by atoms with Crippen molar-refractivity contribution in [2.45, 2.75) is 45.6 Å². The molecular weight excluding hydrogens is 352 g/mol. The minimum absolute atomic E-state index is 0.0466. The Morgan fingerprint density at radius 1 is 1.44 bits per heavy atom. The zero-order valence-corrected chi connectivity index (χ0v) is 15.5. The average molecular weight is 376 g/mol. The molecule has 3 heterocycles. The van der Waals surface area contributed by atoms with Gasteiger partial charge in [0.25, 0.3) is 5.56 Å². The van der Waals surface area contributed by atoms with Crippen molar-refractivity contribution < 1.29 is 15.1 Å². The first kappa shape index (κ1) is 18.7. The number of rotatable bonds is 2. The van der Waals surface area contributed by atoms with E-state index >= 15 is 0 Å². The van der Waals surface area contributed by atoms with Crippen molar-refractivity contribution in [2.24, 2.45) is 16.3 Å². The fraction of sp³-hybridized carbons (Fsp3) is 0.529. The number of H-pyrrole nitrogens is 1. The van der Waals surface area contributed by atoms with Crippen LogP contribution in [0.3, 0.4) is 0 Å². The van der Waals surface area contributed by atoms with Gasteiger partial charge in [-0.15, -0.1) is 0 Å². The Hall–Kier alpha value is -3.04. The number of likely N-dealkylation sites (tertiary alicyclic amines) is 1. The number of oxime groups is 1. The predicted octanol–water partition coefficient (Wildman–Crippen LogP) is 1.39. The van der Waals surface area contributed by atoms with Crippen LogP contribution in [-0.4, -0.2) is 54.3 Å². The van der Waals surface area contributed by atoms with Crippen LogP contribution in [0.2, 0.25) is 0 Å². The summed E-state index contributed by atoms with van der Waals surface area (Å²) in [5.74, 6) is -0.194. The van der Waals surface area contributed by atoms with Crippen LogP contribution in [0.5, 0.6) is 0 Å². The van der Waals surface area contributed by atoms with Crippen molar-refractivity contribution in [1.29, 1.82) is 0 Å². The molecule has 1 fully saturated rings. The molecule has 1 aliphatic heterocycles. The van der Waals surface area contributed by atoms with Gasteiger partial charge in [0.2, 0.25) is 0 Å². The van der Waals surface area contributed by atoms with Crippen LogP contribution < -0.4 is 11.3 Å². The van der Waals surface area contributed by atoms with Gasteiger partial charge < -0.3 is 25.9 Å². The Bertz CT molecular complexity index is 954. The van der Waals surface area contributed by atoms with Gasteiger partial charge in [-0.25, -0.2) is 9.31 Å². The van der Waals surface area contributed by atoms with Crippen molar-refractivity contribution in [3.05, 3.63) is 33.9 Å². The standard InChI is InChI=1S/C17H24N6O4/c1-17(2,3)12-6-9(4-5-22(12)16(25)26)11-7-13(24)20-15-10(14(18)21-27)8-19-23(11)15/h7-9,12,27H,4-6H2,1-3H3,(H2,18,21)(H,20,24)(H,25,26). The van der Waals surface area contributed by atoms with E-state index in [-0.39, 0.29) is 28.8 Å². The number of hydrogen-bond acceptors (Lipinski definition) is 5. The van der Waals surface area contributed by atoms with E-state index in [2.05, 4.69) is 15.2 Å². The van der Waals surface area contributed by atoms with Crippen molar-refractivity contribution in [2.75, 3.05) is 6.54 Å². The average Bonchev–Trinajstić information content (AvgIpc) is 3.02. The van der Waals surface area contributed by atoms with Crippen LogP contribution in [0.4, 0.5) is 4.79 Å². The Labute approximate surface area is 155 Å². The van der Waals surface area contributed by atoms with Gasteiger partial charge in [-0.3, -0.25) is 4.79 Å². The van der Waals surface area contributed by atoms with Gasteiger partial charge in [0.15, 0.2) is 5.84 Å². The lowest BCUT2D eigenvalue weighted by molar-refractivity contribution is 0.0518. The molecule has 0 aliphatic carbocycles. The van der Waals surface area contributed by atoms with Crippen molar-refractivity contribution in [3.8, 4) is 0 Å². The Kier molecular flexibility index (Phi) is 4.58. The van der Waals surface area contributed by atoms with Crippen LogP contribution >= 0.6 is 0 Å². The molecule has 0 spiro atoms. The zero-order valence-electron chi connectivity index (χ0n) is 15.5. The number of hydrogen-bond donors (Lipinski definition) is 4. The minimum atomic E-state index is -0.933. The van der Waals surface area contributed by atoms with Gasteiger partial charge in [0, 0.05) is 24.6 Å². The highest BCUT2D eigenvalue weighted by atomic mass is 16.4. The zero-order chi connectivity index (χ0) is 19.9. The molecular formula is C17H24N6O4. The third-order valence-electron chi connectivity index (χ3n) is 5.18. The van der Waals surface area contributed by atoms with E-state index in [0.717, 1.165) is 0 Å². The van der Waals surface area contributed by atoms with Crippen molar-refractivity contribution in [1.82, 2.24) is 19.5 Å². The summed E-state index contributed by atoms with van der Waals surface area (Å²) < 4.78 is 1.58. The van der Waals surface area contributed by atoms with Crippen LogP contribution in [0.15, 0.2) is 22.2 Å². The number of carbonyl (C=O) groups is 1. The molecule has 0 aromatic carbocycles. The summed E-state index contributed by atoms with van der Waals surface area (Å²) in [6, 6.07) is 1.29. The molecule has 2 unspecified atom stereocenters. The highest BCUT2D eigenvalue weighted by Crippen LogP contribution is 2.38. The van der Waals surface area contributed by atoms with Gasteiger partial charge in [-0.05, 0) is 18.3 Å². The van der Waals surface area contributed by atoms with Crippen molar-refractivity contribution >= 4 is 17.6 Å². The van der Waals surface area contributed by atoms with Crippen LogP contribution in [-0.2, 0) is 0 Å². The number of amidine groups is 1. The van der Waals surface area contributed by atoms with Gasteiger partial charge in [0.05, 0.1) is 17.5 Å². The highest BCUT2D eigenvalue weighted by Gasteiger charge is 2.39. The molecule has 0 radical (unpaired) electrons. The number of fused-ring (bicyclic) bond motifs is 1. The first-order valence-corrected chi connectivity index (χ1v) is 8.72. The summed E-state index contributed by atoms with van der Waals surface area (Å²) >= 11 is 0. The third kappa shape index (κ3) is 3.34. The maximum atomic E-state index is 12.2. The largest absolute Gasteiger partial charge is 0.465 e. The molecule has 2 aromatic heterocycles. The Morgan fingerprint density at radius 2 is 2.15 bits per heavy atom. The lowest BCUT2D eigenvalue weighted by Crippen LogP contribution is -2.51. The number of aromatic nitrogens is 3. The summed E-state index contributed by atoms with van der Waals surface area (Å²) in [6.45, 7) is 6.40. The number of carboxylic acid groups (broad SMARTS) is 1. The molecule has 1 saturated heterocycles. The summed E-state index contributed by atoms with van der Waals surface area (Å²) in [5, 5.41) is 25.7. The van der Waals surface area contributed by atoms with Crippen LogP contribution in [0.25, 0.3) is 5.65 Å². The molecule has 10 heteroatoms. The maximum absolute atomic E-state index is 12.2. The second kappa shape index (κ2) is 6.60. The molecule has 3 rings (SSSR count). The molecule has 27 heavy (non-hydrogen) atoms. The van der Waals surface area contributed by atoms with Crippen LogP contribution in [0.1, 0.15) is 50.8 Å². The normalized spacial score (nSPS) is 21.6. The van der Waals surface area contributed by atoms with Gasteiger partial charge in [0.1, 0.15) is 5.65 Å². The first-order chi connectivity index (χ1) is 12.6. The minimum Gasteiger partial charge on any atom is -0.465 e. The molecule has 5 N–H and O–H groups in total. The molecule has 1 amide bonds. The second-order valence-electron chi connectivity index (χ2n) is 7.94. The Balaban J connectivity index is 2.06. The van der Waals surface area contributed by atoms with Crippen molar-refractivity contribution in [3.63, 3.8) is 0 Å². The predicted molar refractivity (Wildman–Crippen MR) is 98.3 cm³/mol. The number of nitrogens with two attached hydrogens (primary N) is 1. The first-order valence-electron chi connectivity index (χ1n) is 8.72. The van der Waals surface area contributed by atoms with E-state index in [9.17, 15) is 14.7 Å². The SMILES string of the molecule is CC(C)(C)C1CC(c2cc(=O)[nH]c3c(/C(N)=N\O)cnn23)CCN1C(=O)O. The Morgan fingerprint density at radius 3 is 2.74 bits per heavy atom. The molecule has 10 nitrogen and oxygen atoms in total. The van der Waals surface area contributed by atoms with E-state index in [0.29, 0.717) is 36.3 Å². The molecule has 2 aromatic rings. The van der Waals surface area contributed by atoms with E-state index in [4.69, 9.17) is 10.9 Å². The lowest BCUT2D eigenvalue weighted by atomic mass is 9.76. The highest BCUT2D eigenvalue weighted by molar-refractivity contribution is 6.02. The summed E-state index contributed by atoms with van der Waals surface area (Å²) in [5.41, 5.74) is 6.45. The van der Waals surface area contributed by atoms with Gasteiger partial charge >= 0.3 is 6.09 Å². The monoisotopic (exact) mass is 376 g/mol. The quantitative estimate of drug-likeness (QED) is 0.269. The summed E-state index contributed by atoms with van der Waals surface area (Å²) in [7, 11) is 0. The van der Waals surface area contributed by atoms with E-state index < -0.39 is 6.09 Å². The second-order valence-corrected chi connectivity index (χ2v) is 7.94. The number of aromatic amines is 1. The number of amides is 1. The molecule has 1 aliphatic rings. The van der Waals surface area contributed by atoms with Gasteiger partial charge in [-0.2, -0.15) is 5.10 Å². The maximum Gasteiger partial charge on any atom is 0.407 e. The molecule has 0 bridgehead atoms. The van der Waals surface area contributed by atoms with E-state index in [1.807, 2.05) is 20.8 Å². The number of nitrogens with one attached hydrogen (secondary N) is 1. The van der Waals surface area contributed by atoms with E-state index in [1.54, 1.807) is 4.52 Å². The fourth-order valence-electron chi connectivity index (χ4n) is 3.83. The van der Waals surface area contributed by atoms with E-state index in [1.165, 1.54) is 17.2 Å². The summed E-state index contributed by atoms with van der Waals surface area (Å²) in [4.78, 5) is 28.0. The lowest BCUT2D eigenvalue weighted by Gasteiger charge is -2.44. The van der Waals surface area contributed by atoms with Crippen LogP contribution in [0, 0.1) is 5.41 Å².